The van der Waals surface area contributed by atoms with Crippen LogP contribution in [-0.2, 0) is 4.79 Å². The quantitative estimate of drug-likeness (QED) is 0.885. The van der Waals surface area contributed by atoms with Gasteiger partial charge in [0.25, 0.3) is 0 Å². The molecule has 3 nitrogen and oxygen atoms in total. The third-order valence-corrected chi connectivity index (χ3v) is 4.40. The van der Waals surface area contributed by atoms with Crippen molar-refractivity contribution in [2.24, 2.45) is 0 Å². The van der Waals surface area contributed by atoms with Gasteiger partial charge in [-0.3, -0.25) is 4.79 Å². The molecule has 1 aliphatic rings. The Morgan fingerprint density at radius 2 is 2.10 bits per heavy atom. The molecule has 1 saturated heterocycles. The van der Waals surface area contributed by atoms with Gasteiger partial charge in [0.05, 0.1) is 0 Å². The third kappa shape index (κ3) is 4.91. The first kappa shape index (κ1) is 15.5. The molecule has 1 amide bonds. The summed E-state index contributed by atoms with van der Waals surface area (Å²) in [6, 6.07) is 8.56. The van der Waals surface area contributed by atoms with E-state index >= 15 is 0 Å². The topological polar surface area (TPSA) is 41.1 Å². The van der Waals surface area contributed by atoms with Crippen LogP contribution < -0.4 is 10.6 Å². The van der Waals surface area contributed by atoms with Crippen LogP contribution in [-0.4, -0.2) is 25.0 Å². The first-order valence-electron chi connectivity index (χ1n) is 7.40. The molecule has 2 N–H and O–H groups in total. The zero-order valence-corrected chi connectivity index (χ0v) is 13.6. The molecule has 20 heavy (non-hydrogen) atoms. The van der Waals surface area contributed by atoms with Crippen molar-refractivity contribution in [3.05, 3.63) is 34.3 Å². The summed E-state index contributed by atoms with van der Waals surface area (Å²) in [6.45, 7) is 4.19. The number of carbonyl (C=O) groups is 1. The molecule has 1 aromatic rings. The van der Waals surface area contributed by atoms with E-state index in [9.17, 15) is 4.79 Å². The number of hydrogen-bond acceptors (Lipinski definition) is 2. The molecule has 110 valence electrons. The predicted molar refractivity (Wildman–Crippen MR) is 85.8 cm³/mol. The Hall–Kier alpha value is -0.870. The van der Waals surface area contributed by atoms with E-state index in [1.54, 1.807) is 0 Å². The highest BCUT2D eigenvalue weighted by Crippen LogP contribution is 2.21. The van der Waals surface area contributed by atoms with E-state index in [1.165, 1.54) is 5.56 Å². The van der Waals surface area contributed by atoms with Crippen molar-refractivity contribution in [2.45, 2.75) is 44.6 Å². The standard InChI is InChI=1S/C16H23BrN2O/c1-12(13-4-6-14(17)7-5-13)11-16(20)19-15-3-2-9-18-10-8-15/h4-7,12,15,18H,2-3,8-11H2,1H3,(H,19,20). The molecular formula is C16H23BrN2O. The lowest BCUT2D eigenvalue weighted by Gasteiger charge is -2.18. The molecule has 1 aromatic carbocycles. The van der Waals surface area contributed by atoms with Crippen LogP contribution in [0.5, 0.6) is 0 Å². The van der Waals surface area contributed by atoms with Crippen molar-refractivity contribution >= 4 is 21.8 Å². The molecule has 1 aliphatic heterocycles. The third-order valence-electron chi connectivity index (χ3n) is 3.87. The molecule has 1 heterocycles. The number of amides is 1. The van der Waals surface area contributed by atoms with Crippen molar-refractivity contribution < 1.29 is 4.79 Å². The summed E-state index contributed by atoms with van der Waals surface area (Å²) >= 11 is 3.43. The molecule has 2 atom stereocenters. The normalized spacial score (nSPS) is 21.0. The van der Waals surface area contributed by atoms with Crippen LogP contribution in [0.3, 0.4) is 0 Å². The van der Waals surface area contributed by atoms with Gasteiger partial charge in [-0.1, -0.05) is 35.0 Å². The van der Waals surface area contributed by atoms with Crippen LogP contribution >= 0.6 is 15.9 Å². The van der Waals surface area contributed by atoms with Gasteiger partial charge in [-0.2, -0.15) is 0 Å². The summed E-state index contributed by atoms with van der Waals surface area (Å²) in [5, 5.41) is 6.55. The molecule has 0 aliphatic carbocycles. The Morgan fingerprint density at radius 3 is 2.85 bits per heavy atom. The van der Waals surface area contributed by atoms with Gasteiger partial charge in [0.2, 0.25) is 5.91 Å². The maximum atomic E-state index is 12.1. The van der Waals surface area contributed by atoms with Crippen molar-refractivity contribution in [2.75, 3.05) is 13.1 Å². The molecule has 0 spiro atoms. The summed E-state index contributed by atoms with van der Waals surface area (Å²) in [5.41, 5.74) is 1.21. The van der Waals surface area contributed by atoms with Crippen LogP contribution in [0.4, 0.5) is 0 Å². The van der Waals surface area contributed by atoms with Gasteiger partial charge in [-0.25, -0.2) is 0 Å². The van der Waals surface area contributed by atoms with Crippen LogP contribution in [0, 0.1) is 0 Å². The highest BCUT2D eigenvalue weighted by Gasteiger charge is 2.16. The predicted octanol–water partition coefficient (Wildman–Crippen LogP) is 3.20. The van der Waals surface area contributed by atoms with Crippen LogP contribution in [0.25, 0.3) is 0 Å². The highest BCUT2D eigenvalue weighted by atomic mass is 79.9. The van der Waals surface area contributed by atoms with E-state index in [4.69, 9.17) is 0 Å². The summed E-state index contributed by atoms with van der Waals surface area (Å²) in [4.78, 5) is 12.1. The second kappa shape index (κ2) is 7.79. The van der Waals surface area contributed by atoms with E-state index in [-0.39, 0.29) is 11.8 Å². The first-order valence-corrected chi connectivity index (χ1v) is 8.20. The van der Waals surface area contributed by atoms with E-state index in [0.29, 0.717) is 12.5 Å². The van der Waals surface area contributed by atoms with E-state index < -0.39 is 0 Å². The molecule has 0 bridgehead atoms. The van der Waals surface area contributed by atoms with Gasteiger partial charge in [0, 0.05) is 16.9 Å². The fourth-order valence-electron chi connectivity index (χ4n) is 2.64. The zero-order valence-electron chi connectivity index (χ0n) is 12.0. The van der Waals surface area contributed by atoms with E-state index in [1.807, 2.05) is 12.1 Å². The van der Waals surface area contributed by atoms with Gasteiger partial charge in [-0.15, -0.1) is 0 Å². The largest absolute Gasteiger partial charge is 0.353 e. The molecule has 0 radical (unpaired) electrons. The Morgan fingerprint density at radius 1 is 1.35 bits per heavy atom. The second-order valence-corrected chi connectivity index (χ2v) is 6.52. The summed E-state index contributed by atoms with van der Waals surface area (Å²) in [7, 11) is 0. The molecule has 0 aromatic heterocycles. The average molecular weight is 339 g/mol. The Balaban J connectivity index is 1.82. The first-order chi connectivity index (χ1) is 9.65. The molecule has 2 rings (SSSR count). The minimum atomic E-state index is 0.173. The summed E-state index contributed by atoms with van der Waals surface area (Å²) < 4.78 is 1.07. The van der Waals surface area contributed by atoms with Crippen LogP contribution in [0.15, 0.2) is 28.7 Å². The fourth-order valence-corrected chi connectivity index (χ4v) is 2.90. The molecule has 4 heteroatoms. The lowest BCUT2D eigenvalue weighted by Crippen LogP contribution is -2.35. The SMILES string of the molecule is CC(CC(=O)NC1CCCNCC1)c1ccc(Br)cc1. The van der Waals surface area contributed by atoms with E-state index in [0.717, 1.165) is 36.8 Å². The number of halogens is 1. The zero-order chi connectivity index (χ0) is 14.4. The van der Waals surface area contributed by atoms with E-state index in [2.05, 4.69) is 45.6 Å². The molecule has 2 unspecified atom stereocenters. The maximum Gasteiger partial charge on any atom is 0.220 e. The van der Waals surface area contributed by atoms with Gasteiger partial charge < -0.3 is 10.6 Å². The minimum absolute atomic E-state index is 0.173. The van der Waals surface area contributed by atoms with Crippen LogP contribution in [0.2, 0.25) is 0 Å². The minimum Gasteiger partial charge on any atom is -0.353 e. The lowest BCUT2D eigenvalue weighted by molar-refractivity contribution is -0.122. The smallest absolute Gasteiger partial charge is 0.220 e. The van der Waals surface area contributed by atoms with Crippen molar-refractivity contribution in [1.29, 1.82) is 0 Å². The molecule has 0 saturated carbocycles. The number of rotatable bonds is 4. The van der Waals surface area contributed by atoms with Crippen molar-refractivity contribution in [3.8, 4) is 0 Å². The van der Waals surface area contributed by atoms with Gasteiger partial charge >= 0.3 is 0 Å². The Bertz CT molecular complexity index is 425. The monoisotopic (exact) mass is 338 g/mol. The van der Waals surface area contributed by atoms with Gasteiger partial charge in [-0.05, 0) is 56.0 Å². The summed E-state index contributed by atoms with van der Waals surface area (Å²) in [5.74, 6) is 0.430. The number of carbonyl (C=O) groups excluding carboxylic acids is 1. The second-order valence-electron chi connectivity index (χ2n) is 5.60. The van der Waals surface area contributed by atoms with Crippen LogP contribution in [0.1, 0.15) is 44.1 Å². The number of nitrogens with one attached hydrogen (secondary N) is 2. The summed E-state index contributed by atoms with van der Waals surface area (Å²) in [6.07, 6.45) is 3.84. The average Bonchev–Trinajstić information content (AvgIpc) is 2.68. The number of hydrogen-bond donors (Lipinski definition) is 2. The van der Waals surface area contributed by atoms with Gasteiger partial charge in [0.15, 0.2) is 0 Å². The Kier molecular flexibility index (Phi) is 6.05. The van der Waals surface area contributed by atoms with Gasteiger partial charge in [0.1, 0.15) is 0 Å². The molecular weight excluding hydrogens is 316 g/mol. The molecule has 1 fully saturated rings. The lowest BCUT2D eigenvalue weighted by atomic mass is 9.97. The maximum absolute atomic E-state index is 12.1. The van der Waals surface area contributed by atoms with Crippen molar-refractivity contribution in [1.82, 2.24) is 10.6 Å². The fraction of sp³-hybridized carbons (Fsp3) is 0.562. The number of benzene rings is 1. The Labute approximate surface area is 129 Å². The van der Waals surface area contributed by atoms with Crippen molar-refractivity contribution in [3.63, 3.8) is 0 Å². The highest BCUT2D eigenvalue weighted by molar-refractivity contribution is 9.10.